The minimum atomic E-state index is -3.70. The first-order valence-electron chi connectivity index (χ1n) is 9.48. The highest BCUT2D eigenvalue weighted by molar-refractivity contribution is 7.89. The van der Waals surface area contributed by atoms with E-state index >= 15 is 0 Å². The van der Waals surface area contributed by atoms with Gasteiger partial charge in [0.15, 0.2) is 0 Å². The van der Waals surface area contributed by atoms with Gasteiger partial charge in [-0.2, -0.15) is 0 Å². The molecule has 0 bridgehead atoms. The largest absolute Gasteiger partial charge is 0.380 e. The Morgan fingerprint density at radius 3 is 2.25 bits per heavy atom. The van der Waals surface area contributed by atoms with E-state index in [0.717, 1.165) is 22.3 Å². The van der Waals surface area contributed by atoms with Crippen LogP contribution in [0.5, 0.6) is 0 Å². The molecular weight excluding hydrogens is 391 g/mol. The molecule has 0 saturated heterocycles. The molecule has 7 heteroatoms. The van der Waals surface area contributed by atoms with Crippen molar-refractivity contribution in [1.82, 2.24) is 10.0 Å². The summed E-state index contributed by atoms with van der Waals surface area (Å²) >= 11 is 0. The molecule has 0 aliphatic heterocycles. The summed E-state index contributed by atoms with van der Waals surface area (Å²) in [7, 11) is -0.991. The summed E-state index contributed by atoms with van der Waals surface area (Å²) in [5.41, 5.74) is 3.45. The van der Waals surface area contributed by atoms with Gasteiger partial charge in [-0.25, -0.2) is 13.1 Å². The van der Waals surface area contributed by atoms with E-state index in [1.54, 1.807) is 0 Å². The molecule has 0 radical (unpaired) electrons. The van der Waals surface area contributed by atoms with Crippen molar-refractivity contribution in [2.45, 2.75) is 44.4 Å². The van der Waals surface area contributed by atoms with Crippen LogP contribution >= 0.6 is 9.24 Å². The van der Waals surface area contributed by atoms with Crippen molar-refractivity contribution in [1.29, 1.82) is 0 Å². The average molecular weight is 423 g/mol. The molecule has 0 aliphatic carbocycles. The zero-order valence-corrected chi connectivity index (χ0v) is 19.0. The molecule has 2 aromatic carbocycles. The van der Waals surface area contributed by atoms with Gasteiger partial charge in [0.05, 0.1) is 17.5 Å². The van der Waals surface area contributed by atoms with Crippen LogP contribution in [-0.2, 0) is 14.8 Å². The number of nitrogens with one attached hydrogen (secondary N) is 2. The molecule has 28 heavy (non-hydrogen) atoms. The summed E-state index contributed by atoms with van der Waals surface area (Å²) in [4.78, 5) is 0.352. The molecule has 0 aliphatic rings. The van der Waals surface area contributed by atoms with Crippen LogP contribution in [0.15, 0.2) is 47.4 Å². The van der Waals surface area contributed by atoms with E-state index in [1.807, 2.05) is 70.2 Å². The second kappa shape index (κ2) is 10.5. The van der Waals surface area contributed by atoms with Crippen molar-refractivity contribution in [2.24, 2.45) is 0 Å². The van der Waals surface area contributed by atoms with Crippen LogP contribution in [-0.4, -0.2) is 34.0 Å². The Balaban J connectivity index is 2.31. The third-order valence-corrected chi connectivity index (χ3v) is 6.87. The first-order valence-corrected chi connectivity index (χ1v) is 11.6. The van der Waals surface area contributed by atoms with Crippen LogP contribution in [0, 0.1) is 20.8 Å². The Morgan fingerprint density at radius 2 is 1.68 bits per heavy atom. The van der Waals surface area contributed by atoms with Gasteiger partial charge in [0.1, 0.15) is 0 Å². The molecule has 3 unspecified atom stereocenters. The van der Waals surface area contributed by atoms with Crippen molar-refractivity contribution in [2.75, 3.05) is 19.8 Å². The molecule has 3 atom stereocenters. The predicted molar refractivity (Wildman–Crippen MR) is 118 cm³/mol. The summed E-state index contributed by atoms with van der Waals surface area (Å²) < 4.78 is 34.8. The maximum atomic E-state index is 13.3. The Labute approximate surface area is 171 Å². The van der Waals surface area contributed by atoms with Gasteiger partial charge in [-0.3, -0.25) is 0 Å². The third kappa shape index (κ3) is 6.10. The van der Waals surface area contributed by atoms with Gasteiger partial charge in [-0.05, 0) is 44.4 Å². The lowest BCUT2D eigenvalue weighted by atomic mass is 10.1. The van der Waals surface area contributed by atoms with Crippen LogP contribution in [0.3, 0.4) is 0 Å². The van der Waals surface area contributed by atoms with Gasteiger partial charge < -0.3 is 10.1 Å². The summed E-state index contributed by atoms with van der Waals surface area (Å²) in [6.07, 6.45) is 0. The van der Waals surface area contributed by atoms with Crippen LogP contribution in [0.25, 0.3) is 0 Å². The van der Waals surface area contributed by atoms with Crippen LogP contribution in [0.2, 0.25) is 0 Å². The number of hydrogen-bond acceptors (Lipinski definition) is 4. The molecule has 0 aromatic heterocycles. The standard InChI is InChI=1S/C21H31N2O3PS/c1-5-26-12-11-22-21(27)19(18-9-7-6-8-10-18)23-28(24,25)20-16(3)13-15(2)14-17(20)4/h6-10,13-14,19,21-23H,5,11-12,27H2,1-4H3. The molecule has 2 aromatic rings. The number of benzene rings is 2. The van der Waals surface area contributed by atoms with Gasteiger partial charge in [-0.1, -0.05) is 48.0 Å². The summed E-state index contributed by atoms with van der Waals surface area (Å²) in [5.74, 6) is -0.191. The van der Waals surface area contributed by atoms with Gasteiger partial charge in [0, 0.05) is 18.9 Å². The van der Waals surface area contributed by atoms with Crippen molar-refractivity contribution in [3.63, 3.8) is 0 Å². The van der Waals surface area contributed by atoms with E-state index in [0.29, 0.717) is 24.7 Å². The lowest BCUT2D eigenvalue weighted by Gasteiger charge is -2.27. The Hall–Kier alpha value is -1.30. The van der Waals surface area contributed by atoms with Crippen LogP contribution < -0.4 is 10.0 Å². The first-order chi connectivity index (χ1) is 13.3. The highest BCUT2D eigenvalue weighted by atomic mass is 32.2. The summed E-state index contributed by atoms with van der Waals surface area (Å²) in [6.45, 7) is 9.46. The van der Waals surface area contributed by atoms with Crippen molar-refractivity contribution in [3.05, 3.63) is 64.7 Å². The van der Waals surface area contributed by atoms with Crippen molar-refractivity contribution >= 4 is 19.3 Å². The van der Waals surface area contributed by atoms with Crippen molar-refractivity contribution < 1.29 is 13.2 Å². The van der Waals surface area contributed by atoms with E-state index in [4.69, 9.17) is 4.74 Å². The molecule has 0 amide bonds. The molecule has 0 fully saturated rings. The van der Waals surface area contributed by atoms with Gasteiger partial charge in [-0.15, -0.1) is 9.24 Å². The summed E-state index contributed by atoms with van der Waals surface area (Å²) in [5, 5.41) is 3.34. The molecule has 0 spiro atoms. The van der Waals surface area contributed by atoms with Gasteiger partial charge in [0.2, 0.25) is 10.0 Å². The highest BCUT2D eigenvalue weighted by Crippen LogP contribution is 2.27. The molecule has 2 rings (SSSR count). The fourth-order valence-electron chi connectivity index (χ4n) is 3.39. The average Bonchev–Trinajstić information content (AvgIpc) is 2.62. The van der Waals surface area contributed by atoms with E-state index < -0.39 is 16.1 Å². The fraction of sp³-hybridized carbons (Fsp3) is 0.429. The van der Waals surface area contributed by atoms with Crippen LogP contribution in [0.1, 0.15) is 35.2 Å². The van der Waals surface area contributed by atoms with Gasteiger partial charge in [0.25, 0.3) is 0 Å². The number of ether oxygens (including phenoxy) is 1. The lowest BCUT2D eigenvalue weighted by Crippen LogP contribution is -2.41. The second-order valence-electron chi connectivity index (χ2n) is 6.91. The Morgan fingerprint density at radius 1 is 1.07 bits per heavy atom. The van der Waals surface area contributed by atoms with E-state index in [-0.39, 0.29) is 5.78 Å². The summed E-state index contributed by atoms with van der Waals surface area (Å²) in [6, 6.07) is 13.0. The zero-order chi connectivity index (χ0) is 20.7. The number of aryl methyl sites for hydroxylation is 3. The number of sulfonamides is 1. The highest BCUT2D eigenvalue weighted by Gasteiger charge is 2.28. The fourth-order valence-corrected chi connectivity index (χ4v) is 5.71. The normalized spacial score (nSPS) is 14.0. The maximum Gasteiger partial charge on any atom is 0.241 e. The predicted octanol–water partition coefficient (Wildman–Crippen LogP) is 3.46. The minimum Gasteiger partial charge on any atom is -0.380 e. The number of hydrogen-bond donors (Lipinski definition) is 2. The maximum absolute atomic E-state index is 13.3. The molecule has 5 nitrogen and oxygen atoms in total. The molecular formula is C21H31N2O3PS. The first kappa shape index (κ1) is 23.0. The monoisotopic (exact) mass is 422 g/mol. The number of rotatable bonds is 10. The Kier molecular flexibility index (Phi) is 8.59. The van der Waals surface area contributed by atoms with Gasteiger partial charge >= 0.3 is 0 Å². The molecule has 2 N–H and O–H groups in total. The Bertz CT molecular complexity index is 849. The second-order valence-corrected chi connectivity index (χ2v) is 9.28. The zero-order valence-electron chi connectivity index (χ0n) is 17.0. The third-order valence-electron chi connectivity index (χ3n) is 4.50. The van der Waals surface area contributed by atoms with Crippen molar-refractivity contribution in [3.8, 4) is 0 Å². The van der Waals surface area contributed by atoms with E-state index in [9.17, 15) is 8.42 Å². The van der Waals surface area contributed by atoms with E-state index in [2.05, 4.69) is 19.3 Å². The quantitative estimate of drug-likeness (QED) is 0.455. The molecule has 154 valence electrons. The van der Waals surface area contributed by atoms with Crippen LogP contribution in [0.4, 0.5) is 0 Å². The SMILES string of the molecule is CCOCCNC(P)C(NS(=O)(=O)c1c(C)cc(C)cc1C)c1ccccc1. The molecule has 0 heterocycles. The molecule has 0 saturated carbocycles. The topological polar surface area (TPSA) is 67.4 Å². The smallest absolute Gasteiger partial charge is 0.241 e. The van der Waals surface area contributed by atoms with E-state index in [1.165, 1.54) is 0 Å². The minimum absolute atomic E-state index is 0.191. The lowest BCUT2D eigenvalue weighted by molar-refractivity contribution is 0.148.